The van der Waals surface area contributed by atoms with Crippen LogP contribution in [0.1, 0.15) is 103 Å². The van der Waals surface area contributed by atoms with Crippen LogP contribution in [0.2, 0.25) is 0 Å². The van der Waals surface area contributed by atoms with Gasteiger partial charge in [0.1, 0.15) is 17.6 Å². The van der Waals surface area contributed by atoms with Gasteiger partial charge in [0.05, 0.1) is 25.6 Å². The number of amides is 1. The Balaban J connectivity index is 2.82. The number of ketones is 1. The molecule has 0 aliphatic rings. The highest BCUT2D eigenvalue weighted by Gasteiger charge is 2.49. The molecule has 0 aromatic heterocycles. The second kappa shape index (κ2) is 22.7. The number of carboxylic acids is 3. The summed E-state index contributed by atoms with van der Waals surface area (Å²) < 4.78 is 17.8. The molecule has 11 nitrogen and oxygen atoms in total. The number of carboxylic acid groups (broad SMARTS) is 3. The van der Waals surface area contributed by atoms with Crippen molar-refractivity contribution < 1.29 is 53.5 Å². The summed E-state index contributed by atoms with van der Waals surface area (Å²) >= 11 is 0. The number of carbonyl (C=O) groups excluding carboxylic acids is 2. The molecule has 1 aromatic carbocycles. The first-order valence-electron chi connectivity index (χ1n) is 16.5. The molecule has 0 aliphatic heterocycles. The summed E-state index contributed by atoms with van der Waals surface area (Å²) in [6.45, 7) is 4.33. The summed E-state index contributed by atoms with van der Waals surface area (Å²) in [4.78, 5) is 60.8. The number of Topliss-reactive ketones (excluding diaryl/α,β-unsaturated/α-hetero) is 1. The largest absolute Gasteiger partial charge is 0.494 e. The Morgan fingerprint density at radius 2 is 1.49 bits per heavy atom. The minimum atomic E-state index is -3.03. The van der Waals surface area contributed by atoms with Gasteiger partial charge < -0.3 is 30.5 Å². The van der Waals surface area contributed by atoms with Crippen LogP contribution in [-0.2, 0) is 30.4 Å². The summed E-state index contributed by atoms with van der Waals surface area (Å²) in [5, 5.41) is 42.0. The maximum absolute atomic E-state index is 13.3. The average molecular weight is 666 g/mol. The van der Waals surface area contributed by atoms with Crippen LogP contribution in [0.5, 0.6) is 5.75 Å². The number of hydrogen-bond donors (Lipinski definition) is 5. The predicted octanol–water partition coefficient (Wildman–Crippen LogP) is 5.52. The lowest BCUT2D eigenvalue weighted by Gasteiger charge is -2.29. The van der Waals surface area contributed by atoms with Gasteiger partial charge in [-0.1, -0.05) is 63.8 Å². The smallest absolute Gasteiger partial charge is 0.337 e. The number of alkyl halides is 1. The Hall–Kier alpha value is -3.80. The molecule has 0 aliphatic carbocycles. The third kappa shape index (κ3) is 17.1. The zero-order valence-corrected chi connectivity index (χ0v) is 27.6. The van der Waals surface area contributed by atoms with Gasteiger partial charge in [0, 0.05) is 19.3 Å². The summed E-state index contributed by atoms with van der Waals surface area (Å²) in [5.41, 5.74) is -2.48. The van der Waals surface area contributed by atoms with E-state index in [-0.39, 0.29) is 18.9 Å². The molecule has 0 fully saturated rings. The number of nitrogens with one attached hydrogen (secondary N) is 1. The van der Waals surface area contributed by atoms with Gasteiger partial charge in [-0.25, -0.2) is 9.59 Å². The van der Waals surface area contributed by atoms with E-state index in [0.29, 0.717) is 62.4 Å². The maximum atomic E-state index is 13.3. The van der Waals surface area contributed by atoms with Gasteiger partial charge in [-0.05, 0) is 62.1 Å². The number of benzene rings is 1. The molecule has 5 N–H and O–H groups in total. The van der Waals surface area contributed by atoms with Crippen LogP contribution in [0.3, 0.4) is 0 Å². The van der Waals surface area contributed by atoms with E-state index in [9.17, 15) is 48.8 Å². The lowest BCUT2D eigenvalue weighted by atomic mass is 9.82. The van der Waals surface area contributed by atoms with Gasteiger partial charge in [-0.15, -0.1) is 0 Å². The number of rotatable bonds is 27. The van der Waals surface area contributed by atoms with Crippen LogP contribution in [-0.4, -0.2) is 74.9 Å². The molecule has 0 spiro atoms. The molecule has 0 bridgehead atoms. The highest BCUT2D eigenvalue weighted by Crippen LogP contribution is 2.26. The third-order valence-electron chi connectivity index (χ3n) is 7.77. The van der Waals surface area contributed by atoms with Gasteiger partial charge in [0.15, 0.2) is 5.60 Å². The number of allylic oxidation sites excluding steroid dienone is 1. The number of unbranched alkanes of at least 4 members (excludes halogenated alkanes) is 7. The molecule has 1 amide bonds. The monoisotopic (exact) mass is 665 g/mol. The van der Waals surface area contributed by atoms with E-state index in [0.717, 1.165) is 44.6 Å². The van der Waals surface area contributed by atoms with Crippen molar-refractivity contribution in [2.45, 2.75) is 115 Å². The van der Waals surface area contributed by atoms with Gasteiger partial charge in [0.25, 0.3) is 0 Å². The van der Waals surface area contributed by atoms with Crippen LogP contribution in [0.4, 0.5) is 4.39 Å². The van der Waals surface area contributed by atoms with Crippen LogP contribution < -0.4 is 10.1 Å². The first-order valence-corrected chi connectivity index (χ1v) is 16.5. The number of halogens is 1. The van der Waals surface area contributed by atoms with Crippen molar-refractivity contribution in [1.29, 1.82) is 0 Å². The Bertz CT molecular complexity index is 1150. The normalized spacial score (nSPS) is 14.0. The average Bonchev–Trinajstić information content (AvgIpc) is 2.99. The fourth-order valence-electron chi connectivity index (χ4n) is 4.91. The standard InChI is InChI=1S/C35H52FNO10/c1-25(2)20-22-47-28-18-16-26(17-19-28)23-30(33(42)43)37-32(41)29(35(46,34(44)45)24-31(39)40)15-11-6-4-3-5-9-13-27(38)14-10-7-8-12-21-36/h11,15-19,25,29-30,46H,3-10,12-14,20-24H2,1-2H3,(H,37,41)(H,39,40)(H,42,43)(H,44,45)/b15-11+/t29-,30+,35+/m1/s1. The van der Waals surface area contributed by atoms with Crippen molar-refractivity contribution >= 4 is 29.6 Å². The van der Waals surface area contributed by atoms with E-state index < -0.39 is 47.8 Å². The Morgan fingerprint density at radius 3 is 2.02 bits per heavy atom. The van der Waals surface area contributed by atoms with Crippen molar-refractivity contribution in [1.82, 2.24) is 5.32 Å². The summed E-state index contributed by atoms with van der Waals surface area (Å²) in [7, 11) is 0. The number of aliphatic hydroxyl groups is 1. The molecular weight excluding hydrogens is 613 g/mol. The Kier molecular flexibility index (Phi) is 19.9. The fourth-order valence-corrected chi connectivity index (χ4v) is 4.91. The molecule has 47 heavy (non-hydrogen) atoms. The van der Waals surface area contributed by atoms with Crippen molar-refractivity contribution in [3.63, 3.8) is 0 Å². The van der Waals surface area contributed by atoms with Gasteiger partial charge in [-0.2, -0.15) is 0 Å². The number of carbonyl (C=O) groups is 5. The van der Waals surface area contributed by atoms with Crippen LogP contribution in [0.15, 0.2) is 36.4 Å². The zero-order chi connectivity index (χ0) is 35.2. The maximum Gasteiger partial charge on any atom is 0.337 e. The molecule has 0 saturated carbocycles. The summed E-state index contributed by atoms with van der Waals surface area (Å²) in [5.74, 6) is -6.77. The number of aliphatic carboxylic acids is 3. The van der Waals surface area contributed by atoms with Gasteiger partial charge in [-0.3, -0.25) is 18.8 Å². The lowest BCUT2D eigenvalue weighted by Crippen LogP contribution is -2.55. The second-order valence-corrected chi connectivity index (χ2v) is 12.3. The van der Waals surface area contributed by atoms with E-state index in [2.05, 4.69) is 19.2 Å². The first kappa shape index (κ1) is 41.2. The molecular formula is C35H52FNO10. The van der Waals surface area contributed by atoms with Crippen molar-refractivity contribution in [2.75, 3.05) is 13.3 Å². The second-order valence-electron chi connectivity index (χ2n) is 12.3. The molecule has 264 valence electrons. The van der Waals surface area contributed by atoms with Crippen LogP contribution >= 0.6 is 0 Å². The Morgan fingerprint density at radius 1 is 0.894 bits per heavy atom. The van der Waals surface area contributed by atoms with E-state index >= 15 is 0 Å². The summed E-state index contributed by atoms with van der Waals surface area (Å²) in [6.07, 6.45) is 9.08. The fraction of sp³-hybridized carbons (Fsp3) is 0.629. The topological polar surface area (TPSA) is 188 Å². The first-order chi connectivity index (χ1) is 22.3. The third-order valence-corrected chi connectivity index (χ3v) is 7.77. The lowest BCUT2D eigenvalue weighted by molar-refractivity contribution is -0.172. The molecule has 1 aromatic rings. The number of hydrogen-bond acceptors (Lipinski definition) is 7. The van der Waals surface area contributed by atoms with Gasteiger partial charge in [0.2, 0.25) is 5.91 Å². The molecule has 12 heteroatoms. The molecule has 0 unspecified atom stereocenters. The van der Waals surface area contributed by atoms with Crippen molar-refractivity contribution in [2.24, 2.45) is 11.8 Å². The van der Waals surface area contributed by atoms with E-state index in [1.54, 1.807) is 24.3 Å². The van der Waals surface area contributed by atoms with Crippen molar-refractivity contribution in [3.8, 4) is 5.75 Å². The van der Waals surface area contributed by atoms with Gasteiger partial charge >= 0.3 is 17.9 Å². The molecule has 3 atom stereocenters. The highest BCUT2D eigenvalue weighted by molar-refractivity contribution is 5.94. The zero-order valence-electron chi connectivity index (χ0n) is 27.6. The summed E-state index contributed by atoms with van der Waals surface area (Å²) in [6, 6.07) is 5.15. The molecule has 1 rings (SSSR count). The molecule has 0 heterocycles. The quantitative estimate of drug-likeness (QED) is 0.0592. The van der Waals surface area contributed by atoms with E-state index in [1.807, 2.05) is 0 Å². The molecule has 0 saturated heterocycles. The highest BCUT2D eigenvalue weighted by atomic mass is 19.1. The minimum absolute atomic E-state index is 0.157. The number of ether oxygens (including phenoxy) is 1. The predicted molar refractivity (Wildman–Crippen MR) is 174 cm³/mol. The van der Waals surface area contributed by atoms with Crippen LogP contribution in [0.25, 0.3) is 0 Å². The van der Waals surface area contributed by atoms with E-state index in [1.165, 1.54) is 6.08 Å². The van der Waals surface area contributed by atoms with Crippen molar-refractivity contribution in [3.05, 3.63) is 42.0 Å². The minimum Gasteiger partial charge on any atom is -0.494 e. The Labute approximate surface area is 276 Å². The SMILES string of the molecule is CC(C)CCOc1ccc(C[C@H](NC(=O)[C@@H](/C=C/CCCCCCC(=O)CCCCCCF)[C@@](O)(CC(=O)O)C(=O)O)C(=O)O)cc1. The molecule has 0 radical (unpaired) electrons. The van der Waals surface area contributed by atoms with E-state index in [4.69, 9.17) is 4.74 Å². The van der Waals surface area contributed by atoms with Crippen LogP contribution in [0, 0.1) is 11.8 Å².